The van der Waals surface area contributed by atoms with Crippen LogP contribution in [0.1, 0.15) is 30.0 Å². The van der Waals surface area contributed by atoms with Gasteiger partial charge in [-0.25, -0.2) is 4.39 Å². The summed E-state index contributed by atoms with van der Waals surface area (Å²) < 4.78 is 15.3. The first-order valence-electron chi connectivity index (χ1n) is 6.49. The lowest BCUT2D eigenvalue weighted by atomic mass is 9.80. The number of hydrogen-bond donors (Lipinski definition) is 5. The number of aliphatic hydroxyl groups is 3. The fourth-order valence-corrected chi connectivity index (χ4v) is 3.07. The minimum Gasteiger partial charge on any atom is -0.376 e. The van der Waals surface area contributed by atoms with Gasteiger partial charge >= 0.3 is 0 Å². The molecule has 7 heteroatoms. The lowest BCUT2D eigenvalue weighted by molar-refractivity contribution is -0.457. The first kappa shape index (κ1) is 13.9. The smallest absolute Gasteiger partial charge is 0.287 e. The van der Waals surface area contributed by atoms with E-state index in [1.54, 1.807) is 12.1 Å². The van der Waals surface area contributed by atoms with Crippen molar-refractivity contribution in [1.29, 1.82) is 0 Å². The van der Waals surface area contributed by atoms with Gasteiger partial charge in [-0.2, -0.15) is 0 Å². The third-order valence-electron chi connectivity index (χ3n) is 4.25. The maximum Gasteiger partial charge on any atom is 0.287 e. The highest BCUT2D eigenvalue weighted by Gasteiger charge is 2.64. The molecule has 3 unspecified atom stereocenters. The van der Waals surface area contributed by atoms with Crippen LogP contribution < -0.4 is 5.32 Å². The number of piperidine rings is 1. The van der Waals surface area contributed by atoms with Crippen LogP contribution in [-0.2, 0) is 6.54 Å². The fraction of sp³-hybridized carbons (Fsp3) is 0.538. The Morgan fingerprint density at radius 3 is 2.75 bits per heavy atom. The molecule has 110 valence electrons. The van der Waals surface area contributed by atoms with Crippen molar-refractivity contribution < 1.29 is 24.9 Å². The summed E-state index contributed by atoms with van der Waals surface area (Å²) in [5.41, 5.74) is -1.03. The first-order valence-corrected chi connectivity index (χ1v) is 6.49. The zero-order chi connectivity index (χ0) is 14.5. The maximum atomic E-state index is 15.3. The van der Waals surface area contributed by atoms with Gasteiger partial charge in [0.15, 0.2) is 0 Å². The Morgan fingerprint density at radius 1 is 1.30 bits per heavy atom. The topological polar surface area (TPSA) is 96.2 Å². The summed E-state index contributed by atoms with van der Waals surface area (Å²) in [4.78, 5) is 0. The Hall–Kier alpha value is -1.09. The third kappa shape index (κ3) is 1.72. The van der Waals surface area contributed by atoms with Crippen molar-refractivity contribution in [2.45, 2.75) is 43.2 Å². The van der Waals surface area contributed by atoms with E-state index in [1.165, 1.54) is 0 Å². The molecule has 2 heterocycles. The molecule has 3 rings (SSSR count). The number of fused-ring (bicyclic) bond motifs is 1. The number of halogens is 1. The van der Waals surface area contributed by atoms with Gasteiger partial charge in [-0.3, -0.25) is 0 Å². The summed E-state index contributed by atoms with van der Waals surface area (Å²) in [5, 5.41) is 41.8. The third-order valence-corrected chi connectivity index (χ3v) is 4.25. The molecule has 1 fully saturated rings. The Kier molecular flexibility index (Phi) is 3.09. The second-order valence-corrected chi connectivity index (χ2v) is 5.37. The van der Waals surface area contributed by atoms with Crippen LogP contribution in [-0.4, -0.2) is 43.4 Å². The molecule has 6 nitrogen and oxygen atoms in total. The van der Waals surface area contributed by atoms with Gasteiger partial charge in [-0.05, 0) is 24.0 Å². The summed E-state index contributed by atoms with van der Waals surface area (Å²) in [6.45, 7) is 0.413. The van der Waals surface area contributed by atoms with E-state index in [4.69, 9.17) is 0 Å². The van der Waals surface area contributed by atoms with Crippen molar-refractivity contribution >= 4 is 0 Å². The normalized spacial score (nSPS) is 36.9. The lowest BCUT2D eigenvalue weighted by Gasteiger charge is -2.49. The number of nitrogens with one attached hydrogen (secondary N) is 1. The molecular weight excluding hydrogens is 267 g/mol. The quantitative estimate of drug-likeness (QED) is 0.465. The summed E-state index contributed by atoms with van der Waals surface area (Å²) >= 11 is 0. The van der Waals surface area contributed by atoms with E-state index in [0.717, 1.165) is 5.56 Å². The van der Waals surface area contributed by atoms with Gasteiger partial charge in [0.1, 0.15) is 6.23 Å². The van der Waals surface area contributed by atoms with E-state index >= 15 is 4.39 Å². The average Bonchev–Trinajstić information content (AvgIpc) is 2.86. The predicted octanol–water partition coefficient (Wildman–Crippen LogP) is -0.0190. The Labute approximate surface area is 115 Å². The highest BCUT2D eigenvalue weighted by molar-refractivity contribution is 5.36. The number of aliphatic hydroxyl groups excluding tert-OH is 1. The van der Waals surface area contributed by atoms with Crippen LogP contribution in [0.3, 0.4) is 0 Å². The van der Waals surface area contributed by atoms with Gasteiger partial charge in [0.05, 0.1) is 6.04 Å². The second-order valence-electron chi connectivity index (χ2n) is 5.37. The number of hydrogen-bond acceptors (Lipinski definition) is 6. The molecular formula is C13H17FN2O4. The van der Waals surface area contributed by atoms with E-state index in [1.807, 2.05) is 12.1 Å². The van der Waals surface area contributed by atoms with Crippen LogP contribution >= 0.6 is 0 Å². The van der Waals surface area contributed by atoms with Gasteiger partial charge < -0.3 is 25.8 Å². The van der Waals surface area contributed by atoms with Crippen LogP contribution in [0.4, 0.5) is 4.39 Å². The molecule has 0 spiro atoms. The van der Waals surface area contributed by atoms with Crippen LogP contribution in [0.5, 0.6) is 0 Å². The summed E-state index contributed by atoms with van der Waals surface area (Å²) in [5.74, 6) is -3.17. The Balaban J connectivity index is 2.01. The molecule has 3 atom stereocenters. The minimum atomic E-state index is -3.17. The van der Waals surface area contributed by atoms with Gasteiger partial charge in [-0.15, -0.1) is 5.06 Å². The number of nitrogens with zero attached hydrogens (tertiary/aromatic N) is 1. The van der Waals surface area contributed by atoms with Crippen molar-refractivity contribution in [3.63, 3.8) is 0 Å². The van der Waals surface area contributed by atoms with Crippen molar-refractivity contribution in [3.05, 3.63) is 35.4 Å². The number of hydroxylamine groups is 2. The fourth-order valence-electron chi connectivity index (χ4n) is 3.07. The standard InChI is InChI=1S/C13H17FN2O4/c14-12(6-5-10(17)16(20)13(12,18)19)11-9-4-2-1-3-8(9)7-15-11/h1-4,10-11,15,17-20H,5-7H2. The monoisotopic (exact) mass is 284 g/mol. The molecule has 2 aliphatic rings. The molecule has 1 aromatic rings. The minimum absolute atomic E-state index is 0.101. The maximum absolute atomic E-state index is 15.3. The first-order chi connectivity index (χ1) is 9.38. The van der Waals surface area contributed by atoms with Gasteiger partial charge in [0.2, 0.25) is 5.67 Å². The molecule has 0 saturated carbocycles. The van der Waals surface area contributed by atoms with Crippen molar-refractivity contribution in [2.24, 2.45) is 0 Å². The molecule has 20 heavy (non-hydrogen) atoms. The molecule has 0 amide bonds. The van der Waals surface area contributed by atoms with E-state index in [-0.39, 0.29) is 17.9 Å². The average molecular weight is 284 g/mol. The highest BCUT2D eigenvalue weighted by Crippen LogP contribution is 2.48. The SMILES string of the molecule is OC1CCC(F)(C2NCc3ccccc32)C(O)(O)N1O. The molecule has 0 aliphatic carbocycles. The molecule has 1 saturated heterocycles. The Bertz CT molecular complexity index is 527. The lowest BCUT2D eigenvalue weighted by Crippen LogP contribution is -2.70. The number of benzene rings is 1. The highest BCUT2D eigenvalue weighted by atomic mass is 19.1. The summed E-state index contributed by atoms with van der Waals surface area (Å²) in [7, 11) is 0. The predicted molar refractivity (Wildman–Crippen MR) is 65.9 cm³/mol. The van der Waals surface area contributed by atoms with Gasteiger partial charge in [0.25, 0.3) is 5.91 Å². The van der Waals surface area contributed by atoms with Crippen LogP contribution in [0.15, 0.2) is 24.3 Å². The molecule has 0 radical (unpaired) electrons. The van der Waals surface area contributed by atoms with Crippen LogP contribution in [0, 0.1) is 0 Å². The summed E-state index contributed by atoms with van der Waals surface area (Å²) in [6.07, 6.45) is -1.90. The molecule has 5 N–H and O–H groups in total. The molecule has 2 aliphatic heterocycles. The van der Waals surface area contributed by atoms with Crippen molar-refractivity contribution in [1.82, 2.24) is 10.4 Å². The molecule has 0 bridgehead atoms. The van der Waals surface area contributed by atoms with Crippen molar-refractivity contribution in [2.75, 3.05) is 0 Å². The zero-order valence-electron chi connectivity index (χ0n) is 10.7. The molecule has 1 aromatic carbocycles. The van der Waals surface area contributed by atoms with Crippen LogP contribution in [0.25, 0.3) is 0 Å². The van der Waals surface area contributed by atoms with E-state index < -0.39 is 23.8 Å². The van der Waals surface area contributed by atoms with E-state index in [2.05, 4.69) is 5.32 Å². The summed E-state index contributed by atoms with van der Waals surface area (Å²) in [6, 6.07) is 6.14. The number of rotatable bonds is 1. The van der Waals surface area contributed by atoms with Gasteiger partial charge in [-0.1, -0.05) is 24.3 Å². The molecule has 0 aromatic heterocycles. The Morgan fingerprint density at radius 2 is 2.00 bits per heavy atom. The van der Waals surface area contributed by atoms with Crippen molar-refractivity contribution in [3.8, 4) is 0 Å². The zero-order valence-corrected chi connectivity index (χ0v) is 10.7. The number of alkyl halides is 1. The van der Waals surface area contributed by atoms with Crippen LogP contribution in [0.2, 0.25) is 0 Å². The largest absolute Gasteiger partial charge is 0.376 e. The second kappa shape index (κ2) is 4.45. The van der Waals surface area contributed by atoms with E-state index in [0.29, 0.717) is 12.1 Å². The van der Waals surface area contributed by atoms with Gasteiger partial charge in [0, 0.05) is 6.54 Å². The van der Waals surface area contributed by atoms with E-state index in [9.17, 15) is 20.5 Å².